The lowest BCUT2D eigenvalue weighted by Gasteiger charge is -2.45. The maximum absolute atomic E-state index is 17.6. The molecule has 294 valence electrons. The van der Waals surface area contributed by atoms with E-state index in [1.54, 1.807) is 13.0 Å². The highest BCUT2D eigenvalue weighted by atomic mass is 19.1. The average molecular weight is 760 g/mol. The molecule has 0 bridgehead atoms. The van der Waals surface area contributed by atoms with Crippen molar-refractivity contribution in [2.75, 3.05) is 58.1 Å². The van der Waals surface area contributed by atoms with Crippen LogP contribution in [0.4, 0.5) is 14.6 Å². The van der Waals surface area contributed by atoms with E-state index >= 15 is 8.78 Å². The first-order chi connectivity index (χ1) is 26.6. The van der Waals surface area contributed by atoms with Gasteiger partial charge in [0, 0.05) is 47.7 Å². The Bertz CT molecular complexity index is 2090. The third-order valence-corrected chi connectivity index (χ3v) is 12.0. The molecule has 4 aromatic rings. The van der Waals surface area contributed by atoms with Crippen LogP contribution in [0.15, 0.2) is 30.8 Å². The van der Waals surface area contributed by atoms with Gasteiger partial charge in [-0.25, -0.2) is 13.8 Å². The summed E-state index contributed by atoms with van der Waals surface area (Å²) in [5.74, 6) is -0.911. The number of fused-ring (bicyclic) bond motifs is 3. The fraction of sp³-hybridized carbons (Fsp3) is 0.548. The van der Waals surface area contributed by atoms with E-state index in [0.29, 0.717) is 53.8 Å². The quantitative estimate of drug-likeness (QED) is 0.192. The number of phenolic OH excluding ortho intramolecular Hbond substituents is 1. The Hall–Kier alpha value is -4.17. The minimum atomic E-state index is -1.24. The van der Waals surface area contributed by atoms with Crippen LogP contribution in [0.2, 0.25) is 0 Å². The number of piperidine rings is 1. The number of ether oxygens (including phenoxy) is 4. The molecule has 4 aliphatic rings. The molecule has 5 atom stereocenters. The number of rotatable bonds is 8. The zero-order valence-electron chi connectivity index (χ0n) is 32.0. The van der Waals surface area contributed by atoms with Gasteiger partial charge >= 0.3 is 6.01 Å². The molecular formula is C42H51F2N5O6. The Labute approximate surface area is 320 Å². The van der Waals surface area contributed by atoms with Gasteiger partial charge in [0.25, 0.3) is 0 Å². The van der Waals surface area contributed by atoms with E-state index in [4.69, 9.17) is 33.9 Å². The number of phenols is 1. The molecule has 0 amide bonds. The van der Waals surface area contributed by atoms with Gasteiger partial charge in [-0.05, 0) is 87.6 Å². The van der Waals surface area contributed by atoms with Gasteiger partial charge in [0.15, 0.2) is 5.82 Å². The Morgan fingerprint density at radius 3 is 2.64 bits per heavy atom. The summed E-state index contributed by atoms with van der Waals surface area (Å²) in [6.07, 6.45) is 7.31. The second-order valence-electron chi connectivity index (χ2n) is 15.8. The molecule has 13 heteroatoms. The summed E-state index contributed by atoms with van der Waals surface area (Å²) in [4.78, 5) is 18.9. The van der Waals surface area contributed by atoms with Crippen LogP contribution in [0.1, 0.15) is 70.8 Å². The van der Waals surface area contributed by atoms with Crippen molar-refractivity contribution in [1.82, 2.24) is 19.9 Å². The molecule has 11 nitrogen and oxygen atoms in total. The van der Waals surface area contributed by atoms with Crippen LogP contribution in [0, 0.1) is 17.6 Å². The maximum Gasteiger partial charge on any atom is 0.319 e. The van der Waals surface area contributed by atoms with Crippen molar-refractivity contribution in [3.63, 3.8) is 0 Å². The molecule has 4 fully saturated rings. The van der Waals surface area contributed by atoms with E-state index in [-0.39, 0.29) is 70.5 Å². The number of hydrogen-bond donors (Lipinski definition) is 2. The predicted molar refractivity (Wildman–Crippen MR) is 207 cm³/mol. The van der Waals surface area contributed by atoms with E-state index in [1.165, 1.54) is 25.3 Å². The van der Waals surface area contributed by atoms with Crippen molar-refractivity contribution >= 4 is 33.1 Å². The summed E-state index contributed by atoms with van der Waals surface area (Å²) < 4.78 is 57.4. The molecule has 1 saturated carbocycles. The first-order valence-electron chi connectivity index (χ1n) is 19.7. The third kappa shape index (κ3) is 7.20. The summed E-state index contributed by atoms with van der Waals surface area (Å²) in [5, 5.41) is 23.2. The first kappa shape index (κ1) is 37.7. The van der Waals surface area contributed by atoms with Crippen molar-refractivity contribution in [2.45, 2.75) is 89.0 Å². The molecule has 2 N–H and O–H groups in total. The van der Waals surface area contributed by atoms with Crippen LogP contribution in [-0.2, 0) is 9.47 Å². The average Bonchev–Trinajstić information content (AvgIpc) is 3.55. The van der Waals surface area contributed by atoms with Crippen LogP contribution >= 0.6 is 0 Å². The van der Waals surface area contributed by atoms with Crippen molar-refractivity contribution in [3.05, 3.63) is 48.0 Å². The van der Waals surface area contributed by atoms with Gasteiger partial charge in [-0.1, -0.05) is 26.0 Å². The van der Waals surface area contributed by atoms with Crippen molar-refractivity contribution < 1.29 is 37.9 Å². The van der Waals surface area contributed by atoms with Gasteiger partial charge in [-0.15, -0.1) is 0 Å². The number of halogens is 2. The Morgan fingerprint density at radius 2 is 1.85 bits per heavy atom. The lowest BCUT2D eigenvalue weighted by atomic mass is 9.82. The number of aromatic hydroxyl groups is 1. The summed E-state index contributed by atoms with van der Waals surface area (Å²) in [7, 11) is 1.43. The van der Waals surface area contributed by atoms with Crippen LogP contribution in [0.25, 0.3) is 38.5 Å². The van der Waals surface area contributed by atoms with Gasteiger partial charge in [0.05, 0.1) is 33.5 Å². The van der Waals surface area contributed by atoms with Crippen molar-refractivity contribution in [1.29, 1.82) is 0 Å². The largest absolute Gasteiger partial charge is 0.508 e. The predicted octanol–water partition coefficient (Wildman–Crippen LogP) is 7.04. The van der Waals surface area contributed by atoms with Crippen LogP contribution in [0.5, 0.6) is 17.6 Å². The van der Waals surface area contributed by atoms with E-state index in [9.17, 15) is 10.2 Å². The maximum atomic E-state index is 17.6. The molecule has 2 unspecified atom stereocenters. The van der Waals surface area contributed by atoms with Crippen LogP contribution in [-0.4, -0.2) is 107 Å². The fourth-order valence-electron chi connectivity index (χ4n) is 9.39. The number of anilines is 1. The number of hydrogen-bond acceptors (Lipinski definition) is 11. The number of allylic oxidation sites excluding steroid dienone is 1. The van der Waals surface area contributed by atoms with E-state index in [1.807, 2.05) is 11.8 Å². The zero-order valence-corrected chi connectivity index (χ0v) is 32.0. The van der Waals surface area contributed by atoms with Crippen molar-refractivity contribution in [2.24, 2.45) is 5.92 Å². The first-order valence-corrected chi connectivity index (χ1v) is 19.7. The third-order valence-electron chi connectivity index (χ3n) is 12.0. The topological polar surface area (TPSA) is 123 Å². The Balaban J connectivity index is 1.31. The molecule has 0 spiro atoms. The van der Waals surface area contributed by atoms with E-state index in [2.05, 4.69) is 11.5 Å². The zero-order chi connectivity index (χ0) is 38.4. The van der Waals surface area contributed by atoms with Gasteiger partial charge < -0.3 is 34.1 Å². The second kappa shape index (κ2) is 15.4. The van der Waals surface area contributed by atoms with Crippen LogP contribution < -0.4 is 14.4 Å². The lowest BCUT2D eigenvalue weighted by molar-refractivity contribution is -0.0124. The highest BCUT2D eigenvalue weighted by Gasteiger charge is 2.42. The molecule has 55 heavy (non-hydrogen) atoms. The van der Waals surface area contributed by atoms with Gasteiger partial charge in [-0.3, -0.25) is 4.90 Å². The Kier molecular flexibility index (Phi) is 10.6. The lowest BCUT2D eigenvalue weighted by Crippen LogP contribution is -2.53. The van der Waals surface area contributed by atoms with E-state index < -0.39 is 17.2 Å². The summed E-state index contributed by atoms with van der Waals surface area (Å²) in [6, 6.07) is 6.51. The number of aliphatic hydroxyl groups is 1. The number of nitrogens with zero attached hydrogens (tertiary/aromatic N) is 5. The molecule has 0 radical (unpaired) electrons. The molecule has 1 aliphatic carbocycles. The minimum Gasteiger partial charge on any atom is -0.508 e. The molecule has 8 rings (SSSR count). The smallest absolute Gasteiger partial charge is 0.319 e. The molecular weight excluding hydrogens is 708 g/mol. The number of methoxy groups -OCH3 is 1. The number of likely N-dealkylation sites (tertiary alicyclic amines) is 1. The van der Waals surface area contributed by atoms with Gasteiger partial charge in [0.1, 0.15) is 45.7 Å². The molecule has 2 aromatic carbocycles. The number of aromatic nitrogens is 3. The summed E-state index contributed by atoms with van der Waals surface area (Å²) >= 11 is 0. The SMILES string of the molecule is C=C(CC)c1c(F)ccc2cc(O)cc(-c3nc(OC)c4c(N5CCOC[C@@](C)(O)C5)nc(OC5CCCC[C@@H]6[C@@H]5CCCN6C5CCOC5)nc4c3F)c12. The number of β-amino-alcohol motifs (C(OH)–C–C–N with tert-alkyl or cyclic N) is 1. The molecule has 3 saturated heterocycles. The molecule has 3 aliphatic heterocycles. The normalized spacial score (nSPS) is 26.5. The summed E-state index contributed by atoms with van der Waals surface area (Å²) in [5.41, 5.74) is -0.616. The second-order valence-corrected chi connectivity index (χ2v) is 15.8. The summed E-state index contributed by atoms with van der Waals surface area (Å²) in [6.45, 7) is 11.1. The van der Waals surface area contributed by atoms with Crippen molar-refractivity contribution in [3.8, 4) is 28.9 Å². The number of pyridine rings is 1. The molecule has 5 heterocycles. The standard InChI is InChI=1S/C42H51F2N5O6/c1-5-24(2)33-30(43)13-12-25-19-27(50)20-29(34(25)33)37-36(44)38-35(40(45-37)52-4)39(48-16-18-54-23-42(3,51)22-48)47-41(46-38)55-32-11-7-6-10-31-28(32)9-8-15-49(31)26-14-17-53-21-26/h12-13,19-20,26,28,31-32,50-51H,2,5-11,14-18,21-23H2,1,3-4H3/t26?,28-,31+,32?,42-/m0/s1. The highest BCUT2D eigenvalue weighted by Crippen LogP contribution is 2.44. The highest BCUT2D eigenvalue weighted by molar-refractivity contribution is 6.06. The van der Waals surface area contributed by atoms with Crippen LogP contribution in [0.3, 0.4) is 0 Å². The fourth-order valence-corrected chi connectivity index (χ4v) is 9.39. The Morgan fingerprint density at radius 1 is 1.02 bits per heavy atom. The molecule has 2 aromatic heterocycles. The van der Waals surface area contributed by atoms with E-state index in [0.717, 1.165) is 64.7 Å². The minimum absolute atomic E-state index is 0.0178. The monoisotopic (exact) mass is 759 g/mol. The van der Waals surface area contributed by atoms with Gasteiger partial charge in [0.2, 0.25) is 5.88 Å². The van der Waals surface area contributed by atoms with Gasteiger partial charge in [-0.2, -0.15) is 9.97 Å². The number of benzene rings is 2.